The summed E-state index contributed by atoms with van der Waals surface area (Å²) in [6.07, 6.45) is 10.5. The van der Waals surface area contributed by atoms with E-state index >= 15 is 0 Å². The fourth-order valence-electron chi connectivity index (χ4n) is 5.91. The summed E-state index contributed by atoms with van der Waals surface area (Å²) < 4.78 is 35.7. The van der Waals surface area contributed by atoms with E-state index < -0.39 is 15.5 Å². The van der Waals surface area contributed by atoms with Crippen LogP contribution >= 0.6 is 0 Å². The van der Waals surface area contributed by atoms with Crippen LogP contribution in [-0.4, -0.2) is 35.3 Å². The van der Waals surface area contributed by atoms with Crippen molar-refractivity contribution in [1.29, 1.82) is 0 Å². The second-order valence-corrected chi connectivity index (χ2v) is 13.8. The Bertz CT molecular complexity index is 1510. The molecule has 0 unspecified atom stereocenters. The molecule has 2 aromatic carbocycles. The van der Waals surface area contributed by atoms with Crippen LogP contribution in [-0.2, 0) is 20.9 Å². The summed E-state index contributed by atoms with van der Waals surface area (Å²) >= 11 is 0. The smallest absolute Gasteiger partial charge is 0.294 e. The number of rotatable bonds is 5. The minimum atomic E-state index is -4.28. The van der Waals surface area contributed by atoms with Crippen LogP contribution < -0.4 is 4.90 Å². The predicted molar refractivity (Wildman–Crippen MR) is 158 cm³/mol. The van der Waals surface area contributed by atoms with Gasteiger partial charge in [0.1, 0.15) is 6.54 Å². The van der Waals surface area contributed by atoms with Gasteiger partial charge in [0.05, 0.1) is 10.3 Å². The fraction of sp³-hybridized carbons (Fsp3) is 0.406. The minimum Gasteiger partial charge on any atom is -0.339 e. The summed E-state index contributed by atoms with van der Waals surface area (Å²) in [5.41, 5.74) is 7.35. The second-order valence-electron chi connectivity index (χ2n) is 12.4. The zero-order valence-electron chi connectivity index (χ0n) is 24.1. The topological polar surface area (TPSA) is 60.6 Å². The van der Waals surface area contributed by atoms with E-state index in [0.29, 0.717) is 0 Å². The standard InChI is InChI=1S/C32H40N2O3S/c1-10-33-26-18-16-22(2)20-24(26)31(6,7)28(33)14-12-11-13-15-29-32(8,9)25-21-23(38(35,36)37)17-19-27(25)34(29)30(3,4)5/h11-21H,10H2,1-9H3/p+1. The number of hydrogen-bond acceptors (Lipinski definition) is 3. The number of aryl methyl sites for hydroxylation is 1. The third-order valence-corrected chi connectivity index (χ3v) is 8.68. The highest BCUT2D eigenvalue weighted by atomic mass is 32.2. The van der Waals surface area contributed by atoms with Crippen molar-refractivity contribution in [3.8, 4) is 0 Å². The van der Waals surface area contributed by atoms with Crippen molar-refractivity contribution in [1.82, 2.24) is 0 Å². The first-order valence-electron chi connectivity index (χ1n) is 13.2. The highest BCUT2D eigenvalue weighted by Gasteiger charge is 2.45. The number of hydrogen-bond donors (Lipinski definition) is 1. The molecule has 0 spiro atoms. The molecular weight excluding hydrogens is 492 g/mol. The van der Waals surface area contributed by atoms with E-state index in [2.05, 4.69) is 120 Å². The molecule has 0 amide bonds. The summed E-state index contributed by atoms with van der Waals surface area (Å²) in [6.45, 7) is 20.4. The Morgan fingerprint density at radius 3 is 2.24 bits per heavy atom. The van der Waals surface area contributed by atoms with Gasteiger partial charge >= 0.3 is 0 Å². The number of benzene rings is 2. The number of fused-ring (bicyclic) bond motifs is 2. The first-order valence-corrected chi connectivity index (χ1v) is 14.7. The highest BCUT2D eigenvalue weighted by molar-refractivity contribution is 7.85. The van der Waals surface area contributed by atoms with E-state index in [0.717, 1.165) is 23.5 Å². The zero-order valence-corrected chi connectivity index (χ0v) is 24.9. The van der Waals surface area contributed by atoms with Gasteiger partial charge in [-0.1, -0.05) is 43.7 Å². The monoisotopic (exact) mass is 533 g/mol. The van der Waals surface area contributed by atoms with Gasteiger partial charge in [0, 0.05) is 40.0 Å². The van der Waals surface area contributed by atoms with Crippen LogP contribution in [0.15, 0.2) is 77.4 Å². The number of anilines is 1. The molecular formula is C32H41N2O3S+. The van der Waals surface area contributed by atoms with Crippen LogP contribution in [0.5, 0.6) is 0 Å². The number of allylic oxidation sites excluding steroid dienone is 6. The molecule has 202 valence electrons. The Morgan fingerprint density at radius 1 is 0.947 bits per heavy atom. The molecule has 0 saturated heterocycles. The van der Waals surface area contributed by atoms with E-state index in [1.54, 1.807) is 12.1 Å². The predicted octanol–water partition coefficient (Wildman–Crippen LogP) is 7.23. The van der Waals surface area contributed by atoms with Gasteiger partial charge in [-0.05, 0) is 84.4 Å². The summed E-state index contributed by atoms with van der Waals surface area (Å²) in [4.78, 5) is 2.18. The molecule has 0 atom stereocenters. The summed E-state index contributed by atoms with van der Waals surface area (Å²) in [7, 11) is -4.28. The van der Waals surface area contributed by atoms with Gasteiger partial charge in [-0.3, -0.25) is 4.55 Å². The molecule has 0 fully saturated rings. The molecule has 0 saturated carbocycles. The first kappa shape index (κ1) is 28.1. The third kappa shape index (κ3) is 4.69. The molecule has 0 bridgehead atoms. The van der Waals surface area contributed by atoms with Crippen molar-refractivity contribution < 1.29 is 17.5 Å². The average molecular weight is 534 g/mol. The summed E-state index contributed by atoms with van der Waals surface area (Å²) in [5.74, 6) is 0. The van der Waals surface area contributed by atoms with Crippen molar-refractivity contribution in [2.45, 2.75) is 83.6 Å². The quantitative estimate of drug-likeness (QED) is 0.250. The average Bonchev–Trinajstić information content (AvgIpc) is 3.16. The lowest BCUT2D eigenvalue weighted by Gasteiger charge is -2.38. The fourth-order valence-corrected chi connectivity index (χ4v) is 6.42. The lowest BCUT2D eigenvalue weighted by molar-refractivity contribution is -0.433. The van der Waals surface area contributed by atoms with Crippen LogP contribution in [0.2, 0.25) is 0 Å². The van der Waals surface area contributed by atoms with Crippen molar-refractivity contribution >= 4 is 27.2 Å². The van der Waals surface area contributed by atoms with Gasteiger partial charge in [-0.25, -0.2) is 0 Å². The van der Waals surface area contributed by atoms with Crippen LogP contribution in [0.25, 0.3) is 0 Å². The second kappa shape index (κ2) is 9.35. The molecule has 2 aliphatic rings. The highest BCUT2D eigenvalue weighted by Crippen LogP contribution is 2.51. The lowest BCUT2D eigenvalue weighted by Crippen LogP contribution is -2.41. The molecule has 2 heterocycles. The zero-order chi connectivity index (χ0) is 28.3. The molecule has 38 heavy (non-hydrogen) atoms. The van der Waals surface area contributed by atoms with Crippen LogP contribution in [0.3, 0.4) is 0 Å². The Hall–Kier alpha value is -2.96. The molecule has 4 rings (SSSR count). The first-order chi connectivity index (χ1) is 17.5. The third-order valence-electron chi connectivity index (χ3n) is 7.83. The van der Waals surface area contributed by atoms with Gasteiger partial charge in [0.25, 0.3) is 10.1 Å². The van der Waals surface area contributed by atoms with Gasteiger partial charge in [-0.15, -0.1) is 0 Å². The Labute approximate surface area is 228 Å². The minimum absolute atomic E-state index is 0.0780. The number of nitrogens with zero attached hydrogens (tertiary/aromatic N) is 2. The Balaban J connectivity index is 1.69. The van der Waals surface area contributed by atoms with E-state index in [-0.39, 0.29) is 15.8 Å². The molecule has 6 heteroatoms. The maximum absolute atomic E-state index is 11.8. The van der Waals surface area contributed by atoms with Crippen LogP contribution in [0, 0.1) is 6.92 Å². The molecule has 1 N–H and O–H groups in total. The molecule has 0 radical (unpaired) electrons. The SMILES string of the molecule is CC[N+]1=C(/C=C/C=C/C=C2/N(C(C)(C)C)c3ccc(S(=O)(=O)O)cc3C2(C)C)C(C)(C)c2cc(C)ccc21. The van der Waals surface area contributed by atoms with Crippen LogP contribution in [0.1, 0.15) is 72.1 Å². The Kier molecular flexibility index (Phi) is 6.90. The maximum Gasteiger partial charge on any atom is 0.294 e. The molecule has 5 nitrogen and oxygen atoms in total. The normalized spacial score (nSPS) is 19.7. The van der Waals surface area contributed by atoms with Crippen LogP contribution in [0.4, 0.5) is 11.4 Å². The van der Waals surface area contributed by atoms with E-state index in [1.165, 1.54) is 28.6 Å². The van der Waals surface area contributed by atoms with Gasteiger partial charge in [-0.2, -0.15) is 13.0 Å². The molecule has 2 aromatic rings. The van der Waals surface area contributed by atoms with Gasteiger partial charge in [0.2, 0.25) is 5.69 Å². The van der Waals surface area contributed by atoms with Gasteiger partial charge < -0.3 is 4.90 Å². The molecule has 0 aromatic heterocycles. The van der Waals surface area contributed by atoms with Crippen molar-refractivity contribution in [2.75, 3.05) is 11.4 Å². The largest absolute Gasteiger partial charge is 0.339 e. The lowest BCUT2D eigenvalue weighted by atomic mass is 9.81. The maximum atomic E-state index is 11.8. The van der Waals surface area contributed by atoms with Crippen molar-refractivity contribution in [2.24, 2.45) is 0 Å². The molecule has 0 aliphatic carbocycles. The summed E-state index contributed by atoms with van der Waals surface area (Å²) in [6, 6.07) is 11.6. The molecule has 2 aliphatic heterocycles. The Morgan fingerprint density at radius 2 is 1.63 bits per heavy atom. The van der Waals surface area contributed by atoms with E-state index in [9.17, 15) is 13.0 Å². The van der Waals surface area contributed by atoms with E-state index in [4.69, 9.17) is 0 Å². The van der Waals surface area contributed by atoms with Crippen molar-refractivity contribution in [3.63, 3.8) is 0 Å². The summed E-state index contributed by atoms with van der Waals surface area (Å²) in [5, 5.41) is 0. The van der Waals surface area contributed by atoms with Gasteiger partial charge in [0.15, 0.2) is 5.71 Å². The van der Waals surface area contributed by atoms with E-state index in [1.807, 2.05) is 0 Å². The van der Waals surface area contributed by atoms with Crippen molar-refractivity contribution in [3.05, 3.63) is 89.2 Å².